The summed E-state index contributed by atoms with van der Waals surface area (Å²) < 4.78 is 0. The minimum Gasteiger partial charge on any atom is -0.336 e. The van der Waals surface area contributed by atoms with E-state index in [1.54, 1.807) is 12.4 Å². The van der Waals surface area contributed by atoms with Crippen molar-refractivity contribution in [3.63, 3.8) is 0 Å². The second-order valence-electron chi connectivity index (χ2n) is 3.31. The summed E-state index contributed by atoms with van der Waals surface area (Å²) in [5.41, 5.74) is 0.661. The fourth-order valence-corrected chi connectivity index (χ4v) is 1.49. The number of hydrogen-bond acceptors (Lipinski definition) is 2. The van der Waals surface area contributed by atoms with Crippen molar-refractivity contribution in [2.24, 2.45) is 0 Å². The Bertz CT molecular complexity index is 290. The number of nitrogens with one attached hydrogen (secondary N) is 1. The number of aromatic amines is 1. The predicted molar refractivity (Wildman–Crippen MR) is 48.3 cm³/mol. The zero-order valence-electron chi connectivity index (χ0n) is 7.66. The molecule has 0 unspecified atom stereocenters. The molecule has 0 saturated heterocycles. The smallest absolute Gasteiger partial charge is 0.257 e. The van der Waals surface area contributed by atoms with Crippen LogP contribution >= 0.6 is 0 Å². The van der Waals surface area contributed by atoms with Crippen LogP contribution in [0.2, 0.25) is 0 Å². The van der Waals surface area contributed by atoms with Crippen LogP contribution in [0, 0.1) is 0 Å². The molecule has 1 aliphatic carbocycles. The van der Waals surface area contributed by atoms with Gasteiger partial charge in [-0.25, -0.2) is 0 Å². The van der Waals surface area contributed by atoms with Crippen molar-refractivity contribution in [3.8, 4) is 0 Å². The monoisotopic (exact) mass is 179 g/mol. The van der Waals surface area contributed by atoms with Crippen molar-refractivity contribution in [1.82, 2.24) is 15.1 Å². The van der Waals surface area contributed by atoms with E-state index >= 15 is 0 Å². The Hall–Kier alpha value is -1.32. The Morgan fingerprint density at radius 2 is 2.54 bits per heavy atom. The molecule has 1 aliphatic rings. The molecule has 4 heteroatoms. The van der Waals surface area contributed by atoms with Gasteiger partial charge in [0.15, 0.2) is 0 Å². The van der Waals surface area contributed by atoms with E-state index in [-0.39, 0.29) is 5.91 Å². The highest BCUT2D eigenvalue weighted by Crippen LogP contribution is 2.27. The number of carbonyl (C=O) groups is 1. The molecule has 1 saturated carbocycles. The van der Waals surface area contributed by atoms with E-state index in [0.29, 0.717) is 11.6 Å². The molecule has 13 heavy (non-hydrogen) atoms. The lowest BCUT2D eigenvalue weighted by Crippen LogP contribution is -2.32. The van der Waals surface area contributed by atoms with Crippen LogP contribution in [0.4, 0.5) is 0 Å². The third-order valence-electron chi connectivity index (χ3n) is 2.33. The lowest BCUT2D eigenvalue weighted by molar-refractivity contribution is 0.0752. The van der Waals surface area contributed by atoms with Crippen molar-refractivity contribution in [2.45, 2.75) is 25.8 Å². The Labute approximate surface area is 76.9 Å². The summed E-state index contributed by atoms with van der Waals surface area (Å²) >= 11 is 0. The highest BCUT2D eigenvalue weighted by molar-refractivity contribution is 5.94. The minimum atomic E-state index is 0.0961. The first-order valence-corrected chi connectivity index (χ1v) is 4.62. The summed E-state index contributed by atoms with van der Waals surface area (Å²) in [6.07, 6.45) is 5.52. The van der Waals surface area contributed by atoms with E-state index in [9.17, 15) is 4.79 Å². The quantitative estimate of drug-likeness (QED) is 0.753. The van der Waals surface area contributed by atoms with Gasteiger partial charge in [0.1, 0.15) is 0 Å². The van der Waals surface area contributed by atoms with Crippen LogP contribution in [-0.4, -0.2) is 33.6 Å². The first-order chi connectivity index (χ1) is 6.33. The molecule has 1 aromatic heterocycles. The van der Waals surface area contributed by atoms with Gasteiger partial charge in [-0.3, -0.25) is 9.89 Å². The normalized spacial score (nSPS) is 15.8. The number of rotatable bonds is 3. The average Bonchev–Trinajstić information content (AvgIpc) is 2.83. The summed E-state index contributed by atoms with van der Waals surface area (Å²) in [5.74, 6) is 0.0961. The summed E-state index contributed by atoms with van der Waals surface area (Å²) in [6, 6.07) is 0.479. The van der Waals surface area contributed by atoms with Gasteiger partial charge in [0.05, 0.1) is 11.8 Å². The highest BCUT2D eigenvalue weighted by Gasteiger charge is 2.31. The van der Waals surface area contributed by atoms with Crippen molar-refractivity contribution >= 4 is 5.91 Å². The maximum atomic E-state index is 11.8. The topological polar surface area (TPSA) is 49.0 Å². The van der Waals surface area contributed by atoms with Gasteiger partial charge in [-0.05, 0) is 19.8 Å². The molecule has 0 bridgehead atoms. The van der Waals surface area contributed by atoms with E-state index in [1.807, 2.05) is 11.8 Å². The molecule has 0 radical (unpaired) electrons. The molecular weight excluding hydrogens is 166 g/mol. The van der Waals surface area contributed by atoms with Gasteiger partial charge in [-0.2, -0.15) is 5.10 Å². The molecular formula is C9H13N3O. The zero-order valence-corrected chi connectivity index (χ0v) is 7.66. The van der Waals surface area contributed by atoms with E-state index < -0.39 is 0 Å². The Morgan fingerprint density at radius 1 is 1.77 bits per heavy atom. The van der Waals surface area contributed by atoms with Gasteiger partial charge in [-0.15, -0.1) is 0 Å². The molecule has 2 rings (SSSR count). The largest absolute Gasteiger partial charge is 0.336 e. The maximum absolute atomic E-state index is 11.8. The standard InChI is InChI=1S/C9H13N3O/c1-2-12(8-3-4-8)9(13)7-5-10-11-6-7/h5-6,8H,2-4H2,1H3,(H,10,11). The van der Waals surface area contributed by atoms with E-state index in [1.165, 1.54) is 0 Å². The maximum Gasteiger partial charge on any atom is 0.257 e. The van der Waals surface area contributed by atoms with Crippen molar-refractivity contribution in [1.29, 1.82) is 0 Å². The number of amides is 1. The second kappa shape index (κ2) is 3.20. The third-order valence-corrected chi connectivity index (χ3v) is 2.33. The van der Waals surface area contributed by atoms with Gasteiger partial charge in [0, 0.05) is 18.8 Å². The van der Waals surface area contributed by atoms with Gasteiger partial charge < -0.3 is 4.90 Å². The number of hydrogen-bond donors (Lipinski definition) is 1. The molecule has 0 aliphatic heterocycles. The molecule has 1 heterocycles. The van der Waals surface area contributed by atoms with E-state index in [2.05, 4.69) is 10.2 Å². The molecule has 70 valence electrons. The molecule has 0 spiro atoms. The molecule has 1 fully saturated rings. The van der Waals surface area contributed by atoms with Crippen LogP contribution in [0.25, 0.3) is 0 Å². The van der Waals surface area contributed by atoms with Crippen LogP contribution in [0.1, 0.15) is 30.1 Å². The fraction of sp³-hybridized carbons (Fsp3) is 0.556. The van der Waals surface area contributed by atoms with Crippen LogP contribution in [-0.2, 0) is 0 Å². The van der Waals surface area contributed by atoms with Gasteiger partial charge >= 0.3 is 0 Å². The highest BCUT2D eigenvalue weighted by atomic mass is 16.2. The fourth-order valence-electron chi connectivity index (χ4n) is 1.49. The van der Waals surface area contributed by atoms with Gasteiger partial charge in [0.25, 0.3) is 5.91 Å². The number of aromatic nitrogens is 2. The number of nitrogens with zero attached hydrogens (tertiary/aromatic N) is 2. The van der Waals surface area contributed by atoms with Crippen LogP contribution in [0.15, 0.2) is 12.4 Å². The summed E-state index contributed by atoms with van der Waals surface area (Å²) in [6.45, 7) is 2.80. The summed E-state index contributed by atoms with van der Waals surface area (Å²) in [7, 11) is 0. The van der Waals surface area contributed by atoms with Crippen LogP contribution < -0.4 is 0 Å². The predicted octanol–water partition coefficient (Wildman–Crippen LogP) is 1.03. The molecule has 1 aromatic rings. The van der Waals surface area contributed by atoms with Crippen molar-refractivity contribution in [3.05, 3.63) is 18.0 Å². The average molecular weight is 179 g/mol. The van der Waals surface area contributed by atoms with Crippen molar-refractivity contribution in [2.75, 3.05) is 6.54 Å². The van der Waals surface area contributed by atoms with Gasteiger partial charge in [0.2, 0.25) is 0 Å². The van der Waals surface area contributed by atoms with Crippen LogP contribution in [0.3, 0.4) is 0 Å². The molecule has 1 amide bonds. The van der Waals surface area contributed by atoms with Crippen LogP contribution in [0.5, 0.6) is 0 Å². The van der Waals surface area contributed by atoms with Gasteiger partial charge in [-0.1, -0.05) is 0 Å². The minimum absolute atomic E-state index is 0.0961. The molecule has 1 N–H and O–H groups in total. The van der Waals surface area contributed by atoms with E-state index in [0.717, 1.165) is 19.4 Å². The zero-order chi connectivity index (χ0) is 9.26. The second-order valence-corrected chi connectivity index (χ2v) is 3.31. The lowest BCUT2D eigenvalue weighted by Gasteiger charge is -2.18. The van der Waals surface area contributed by atoms with Crippen molar-refractivity contribution < 1.29 is 4.79 Å². The SMILES string of the molecule is CCN(C(=O)c1cn[nH]c1)C1CC1. The third kappa shape index (κ3) is 1.56. The first kappa shape index (κ1) is 8.29. The number of carbonyl (C=O) groups excluding carboxylic acids is 1. The summed E-state index contributed by atoms with van der Waals surface area (Å²) in [4.78, 5) is 13.7. The number of H-pyrrole nitrogens is 1. The molecule has 0 aromatic carbocycles. The molecule has 0 atom stereocenters. The summed E-state index contributed by atoms with van der Waals surface area (Å²) in [5, 5.41) is 6.42. The Kier molecular flexibility index (Phi) is 2.04. The Balaban J connectivity index is 2.10. The lowest BCUT2D eigenvalue weighted by atomic mass is 10.3. The Morgan fingerprint density at radius 3 is 3.00 bits per heavy atom. The molecule has 4 nitrogen and oxygen atoms in total. The first-order valence-electron chi connectivity index (χ1n) is 4.62. The van der Waals surface area contributed by atoms with E-state index in [4.69, 9.17) is 0 Å².